The fourth-order valence-electron chi connectivity index (χ4n) is 4.36. The lowest BCUT2D eigenvalue weighted by Gasteiger charge is -2.21. The van der Waals surface area contributed by atoms with Crippen LogP contribution in [-0.4, -0.2) is 50.3 Å². The van der Waals surface area contributed by atoms with Crippen LogP contribution in [0.25, 0.3) is 22.2 Å². The highest BCUT2D eigenvalue weighted by Gasteiger charge is 2.26. The van der Waals surface area contributed by atoms with Crippen LogP contribution in [0.5, 0.6) is 5.75 Å². The third-order valence-electron chi connectivity index (χ3n) is 6.09. The summed E-state index contributed by atoms with van der Waals surface area (Å²) in [4.78, 5) is 28.6. The van der Waals surface area contributed by atoms with Crippen LogP contribution in [0.2, 0.25) is 0 Å². The Hall–Kier alpha value is -3.06. The number of nitrogens with zero attached hydrogens (tertiary/aromatic N) is 2. The zero-order valence-electron chi connectivity index (χ0n) is 16.8. The first-order valence-corrected chi connectivity index (χ1v) is 9.89. The van der Waals surface area contributed by atoms with E-state index in [1.807, 2.05) is 25.1 Å². The molecule has 0 spiro atoms. The molecule has 7 heteroatoms. The van der Waals surface area contributed by atoms with Crippen LogP contribution >= 0.6 is 0 Å². The van der Waals surface area contributed by atoms with E-state index in [1.165, 1.54) is 5.69 Å². The van der Waals surface area contributed by atoms with E-state index < -0.39 is 22.8 Å². The van der Waals surface area contributed by atoms with E-state index in [9.17, 15) is 19.8 Å². The average molecular weight is 395 g/mol. The van der Waals surface area contributed by atoms with E-state index in [-0.39, 0.29) is 0 Å². The van der Waals surface area contributed by atoms with Gasteiger partial charge in [-0.2, -0.15) is 0 Å². The monoisotopic (exact) mass is 395 g/mol. The number of carbonyl (C=O) groups is 1. The Balaban J connectivity index is 1.80. The average Bonchev–Trinajstić information content (AvgIpc) is 3.24. The van der Waals surface area contributed by atoms with Gasteiger partial charge >= 0.3 is 5.97 Å². The summed E-state index contributed by atoms with van der Waals surface area (Å²) in [6.07, 6.45) is 1.40. The quantitative estimate of drug-likeness (QED) is 0.617. The fraction of sp³-hybridized carbons (Fsp3) is 0.364. The maximum absolute atomic E-state index is 12.2. The zero-order valence-corrected chi connectivity index (χ0v) is 16.8. The molecule has 0 fully saturated rings. The van der Waals surface area contributed by atoms with Crippen LogP contribution < -0.4 is 5.56 Å². The SMILES string of the molecule is CCc1c(-c2ccc3c(c2)cc2n3CC(N(C)CC)C2)[nH]c(=O)c(C(=O)O)c1O. The molecule has 1 aromatic carbocycles. The van der Waals surface area contributed by atoms with Gasteiger partial charge in [-0.1, -0.05) is 19.9 Å². The number of hydrogen-bond donors (Lipinski definition) is 3. The molecule has 1 unspecified atom stereocenters. The minimum Gasteiger partial charge on any atom is -0.506 e. The standard InChI is InChI=1S/C22H25N3O4/c1-4-16-19(23-21(27)18(20(16)26)22(28)29)12-6-7-17-13(8-12)9-14-10-15(11-25(14)17)24(3)5-2/h6-9,15H,4-5,10-11H2,1-3H3,(H,28,29)(H2,23,26,27). The lowest BCUT2D eigenvalue weighted by molar-refractivity contribution is 0.0691. The number of rotatable bonds is 5. The molecule has 4 rings (SSSR count). The molecule has 0 bridgehead atoms. The van der Waals surface area contributed by atoms with Crippen molar-refractivity contribution in [3.63, 3.8) is 0 Å². The lowest BCUT2D eigenvalue weighted by atomic mass is 9.99. The predicted octanol–water partition coefficient (Wildman–Crippen LogP) is 2.84. The highest BCUT2D eigenvalue weighted by molar-refractivity contribution is 5.92. The Morgan fingerprint density at radius 2 is 2.07 bits per heavy atom. The molecule has 3 N–H and O–H groups in total. The molecular weight excluding hydrogens is 370 g/mol. The molecule has 2 aromatic heterocycles. The summed E-state index contributed by atoms with van der Waals surface area (Å²) in [5.41, 5.74) is 2.67. The first-order chi connectivity index (χ1) is 13.8. The summed E-state index contributed by atoms with van der Waals surface area (Å²) in [6.45, 7) is 5.95. The predicted molar refractivity (Wildman–Crippen MR) is 112 cm³/mol. The van der Waals surface area contributed by atoms with Crippen molar-refractivity contribution in [3.8, 4) is 17.0 Å². The number of fused-ring (bicyclic) bond motifs is 3. The van der Waals surface area contributed by atoms with Crippen molar-refractivity contribution in [2.45, 2.75) is 39.3 Å². The van der Waals surface area contributed by atoms with Gasteiger partial charge in [0.25, 0.3) is 5.56 Å². The summed E-state index contributed by atoms with van der Waals surface area (Å²) >= 11 is 0. The van der Waals surface area contributed by atoms with Gasteiger partial charge < -0.3 is 24.7 Å². The lowest BCUT2D eigenvalue weighted by Crippen LogP contribution is -2.32. The third kappa shape index (κ3) is 3.02. The van der Waals surface area contributed by atoms with Crippen molar-refractivity contribution in [2.75, 3.05) is 13.6 Å². The number of carboxylic acid groups (broad SMARTS) is 1. The van der Waals surface area contributed by atoms with Crippen LogP contribution in [0.1, 0.15) is 35.5 Å². The fourth-order valence-corrected chi connectivity index (χ4v) is 4.36. The molecule has 152 valence electrons. The first-order valence-electron chi connectivity index (χ1n) is 9.89. The Morgan fingerprint density at radius 3 is 2.72 bits per heavy atom. The van der Waals surface area contributed by atoms with Gasteiger partial charge in [0, 0.05) is 41.2 Å². The third-order valence-corrected chi connectivity index (χ3v) is 6.09. The van der Waals surface area contributed by atoms with Gasteiger partial charge in [-0.25, -0.2) is 4.79 Å². The zero-order chi connectivity index (χ0) is 20.9. The van der Waals surface area contributed by atoms with E-state index in [4.69, 9.17) is 0 Å². The number of hydrogen-bond acceptors (Lipinski definition) is 4. The molecule has 0 amide bonds. The van der Waals surface area contributed by atoms with Crippen LogP contribution in [0.3, 0.4) is 0 Å². The van der Waals surface area contributed by atoms with Gasteiger partial charge in [-0.3, -0.25) is 4.79 Å². The number of likely N-dealkylation sites (N-methyl/N-ethyl adjacent to an activating group) is 1. The van der Waals surface area contributed by atoms with Gasteiger partial charge in [0.2, 0.25) is 0 Å². The second kappa shape index (κ2) is 7.08. The van der Waals surface area contributed by atoms with Gasteiger partial charge in [-0.15, -0.1) is 0 Å². The Labute approximate surface area is 168 Å². The molecule has 1 aliphatic rings. The van der Waals surface area contributed by atoms with Crippen molar-refractivity contribution in [1.29, 1.82) is 0 Å². The minimum absolute atomic E-state index is 0.396. The smallest absolute Gasteiger partial charge is 0.345 e. The van der Waals surface area contributed by atoms with Crippen LogP contribution in [-0.2, 0) is 19.4 Å². The molecule has 0 radical (unpaired) electrons. The van der Waals surface area contributed by atoms with Crippen LogP contribution in [0, 0.1) is 0 Å². The Kier molecular flexibility index (Phi) is 4.70. The molecule has 0 aliphatic carbocycles. The number of carboxylic acids is 1. The summed E-state index contributed by atoms with van der Waals surface area (Å²) in [5, 5.41) is 20.7. The van der Waals surface area contributed by atoms with Gasteiger partial charge in [0.15, 0.2) is 5.56 Å². The molecular formula is C22H25N3O4. The second-order valence-corrected chi connectivity index (χ2v) is 7.64. The highest BCUT2D eigenvalue weighted by atomic mass is 16.4. The molecule has 1 atom stereocenters. The maximum Gasteiger partial charge on any atom is 0.345 e. The summed E-state index contributed by atoms with van der Waals surface area (Å²) < 4.78 is 2.34. The normalized spacial score (nSPS) is 15.9. The molecule has 29 heavy (non-hydrogen) atoms. The number of aromatic amines is 1. The van der Waals surface area contributed by atoms with Crippen molar-refractivity contribution >= 4 is 16.9 Å². The van der Waals surface area contributed by atoms with E-state index >= 15 is 0 Å². The van der Waals surface area contributed by atoms with Crippen molar-refractivity contribution in [3.05, 3.63) is 51.4 Å². The molecule has 0 saturated heterocycles. The molecule has 3 heterocycles. The van der Waals surface area contributed by atoms with E-state index in [0.717, 1.165) is 36.0 Å². The summed E-state index contributed by atoms with van der Waals surface area (Å²) in [5.74, 6) is -1.89. The van der Waals surface area contributed by atoms with Crippen LogP contribution in [0.15, 0.2) is 29.1 Å². The van der Waals surface area contributed by atoms with E-state index in [1.54, 1.807) is 0 Å². The number of aromatic carboxylic acids is 1. The van der Waals surface area contributed by atoms with Gasteiger partial charge in [0.05, 0.1) is 5.69 Å². The Bertz CT molecular complexity index is 1170. The van der Waals surface area contributed by atoms with Gasteiger partial charge in [0.1, 0.15) is 5.75 Å². The van der Waals surface area contributed by atoms with E-state index in [0.29, 0.717) is 23.7 Å². The number of aromatic nitrogens is 2. The molecule has 3 aromatic rings. The number of benzene rings is 1. The van der Waals surface area contributed by atoms with Crippen molar-refractivity contribution in [1.82, 2.24) is 14.5 Å². The number of nitrogens with one attached hydrogen (secondary N) is 1. The van der Waals surface area contributed by atoms with Crippen molar-refractivity contribution in [2.24, 2.45) is 0 Å². The highest BCUT2D eigenvalue weighted by Crippen LogP contribution is 2.34. The molecule has 1 aliphatic heterocycles. The Morgan fingerprint density at radius 1 is 1.31 bits per heavy atom. The largest absolute Gasteiger partial charge is 0.506 e. The second-order valence-electron chi connectivity index (χ2n) is 7.64. The molecule has 0 saturated carbocycles. The summed E-state index contributed by atoms with van der Waals surface area (Å²) in [6, 6.07) is 8.61. The minimum atomic E-state index is -1.43. The molecule has 7 nitrogen and oxygen atoms in total. The summed E-state index contributed by atoms with van der Waals surface area (Å²) in [7, 11) is 2.15. The topological polar surface area (TPSA) is 98.6 Å². The van der Waals surface area contributed by atoms with Gasteiger partial charge in [-0.05, 0) is 43.8 Å². The first kappa shape index (κ1) is 19.3. The van der Waals surface area contributed by atoms with Crippen molar-refractivity contribution < 1.29 is 15.0 Å². The van der Waals surface area contributed by atoms with E-state index in [2.05, 4.69) is 34.5 Å². The number of H-pyrrole nitrogens is 1. The van der Waals surface area contributed by atoms with Crippen LogP contribution in [0.4, 0.5) is 0 Å². The maximum atomic E-state index is 12.2. The number of pyridine rings is 1. The number of aromatic hydroxyl groups is 1.